The molecule has 22 heavy (non-hydrogen) atoms. The Morgan fingerprint density at radius 2 is 1.77 bits per heavy atom. The second-order valence-electron chi connectivity index (χ2n) is 4.66. The van der Waals surface area contributed by atoms with Crippen molar-refractivity contribution in [3.05, 3.63) is 42.0 Å². The van der Waals surface area contributed by atoms with Crippen molar-refractivity contribution in [2.45, 2.75) is 13.0 Å². The fourth-order valence-corrected chi connectivity index (χ4v) is 1.90. The number of esters is 2. The van der Waals surface area contributed by atoms with Crippen LogP contribution < -0.4 is 0 Å². The van der Waals surface area contributed by atoms with Crippen molar-refractivity contribution in [3.63, 3.8) is 0 Å². The minimum Gasteiger partial charge on any atom is -0.468 e. The molecule has 6 heteroatoms. The van der Waals surface area contributed by atoms with Gasteiger partial charge in [0.1, 0.15) is 0 Å². The molecule has 0 bridgehead atoms. The SMILES string of the molecule is COC(=O)/C=C(\c1ccccc1)C(C)N(C)CC(=O)OC.Cl. The standard InChI is InChI=1S/C16H21NO4.ClH/c1-12(17(2)11-16(19)21-4)14(10-15(18)20-3)13-8-6-5-7-9-13;/h5-10,12H,11H2,1-4H3;1H/b14-10-;. The second-order valence-corrected chi connectivity index (χ2v) is 4.66. The van der Waals surface area contributed by atoms with Crippen LogP contribution in [0.3, 0.4) is 0 Å². The normalized spacial score (nSPS) is 12.3. The van der Waals surface area contributed by atoms with E-state index in [0.717, 1.165) is 11.1 Å². The number of hydrogen-bond acceptors (Lipinski definition) is 5. The van der Waals surface area contributed by atoms with Gasteiger partial charge in [0, 0.05) is 12.1 Å². The van der Waals surface area contributed by atoms with E-state index in [1.807, 2.05) is 42.2 Å². The van der Waals surface area contributed by atoms with Crippen molar-refractivity contribution in [1.29, 1.82) is 0 Å². The Kier molecular flexibility index (Phi) is 9.13. The predicted octanol–water partition coefficient (Wildman–Crippen LogP) is 2.16. The number of nitrogens with zero attached hydrogens (tertiary/aromatic N) is 1. The zero-order valence-electron chi connectivity index (χ0n) is 13.2. The van der Waals surface area contributed by atoms with Crippen LogP contribution in [0.4, 0.5) is 0 Å². The maximum atomic E-state index is 11.6. The Morgan fingerprint density at radius 1 is 1.18 bits per heavy atom. The highest BCUT2D eigenvalue weighted by Gasteiger charge is 2.19. The van der Waals surface area contributed by atoms with Gasteiger partial charge in [-0.15, -0.1) is 12.4 Å². The van der Waals surface area contributed by atoms with Crippen LogP contribution in [-0.2, 0) is 19.1 Å². The number of methoxy groups -OCH3 is 2. The summed E-state index contributed by atoms with van der Waals surface area (Å²) in [4.78, 5) is 24.8. The quantitative estimate of drug-likeness (QED) is 0.592. The molecule has 0 fully saturated rings. The molecular formula is C16H22ClNO4. The highest BCUT2D eigenvalue weighted by atomic mass is 35.5. The van der Waals surface area contributed by atoms with Gasteiger partial charge in [0.05, 0.1) is 20.8 Å². The lowest BCUT2D eigenvalue weighted by Crippen LogP contribution is -2.35. The lowest BCUT2D eigenvalue weighted by Gasteiger charge is -2.26. The monoisotopic (exact) mass is 327 g/mol. The molecule has 5 nitrogen and oxygen atoms in total. The molecule has 0 aliphatic carbocycles. The van der Waals surface area contributed by atoms with E-state index in [1.54, 1.807) is 7.05 Å². The zero-order chi connectivity index (χ0) is 15.8. The highest BCUT2D eigenvalue weighted by molar-refractivity contribution is 5.92. The van der Waals surface area contributed by atoms with Crippen LogP contribution in [0.15, 0.2) is 36.4 Å². The lowest BCUT2D eigenvalue weighted by molar-refractivity contribution is -0.141. The van der Waals surface area contributed by atoms with E-state index in [0.29, 0.717) is 0 Å². The van der Waals surface area contributed by atoms with Crippen molar-refractivity contribution in [2.75, 3.05) is 27.8 Å². The third-order valence-corrected chi connectivity index (χ3v) is 3.30. The van der Waals surface area contributed by atoms with E-state index in [-0.39, 0.29) is 31.0 Å². The summed E-state index contributed by atoms with van der Waals surface area (Å²) >= 11 is 0. The molecule has 0 N–H and O–H groups in total. The molecule has 122 valence electrons. The van der Waals surface area contributed by atoms with Crippen LogP contribution in [0, 0.1) is 0 Å². The minimum absolute atomic E-state index is 0. The first-order valence-corrected chi connectivity index (χ1v) is 6.61. The van der Waals surface area contributed by atoms with Crippen molar-refractivity contribution in [1.82, 2.24) is 4.90 Å². The number of hydrogen-bond donors (Lipinski definition) is 0. The topological polar surface area (TPSA) is 55.8 Å². The van der Waals surface area contributed by atoms with E-state index in [9.17, 15) is 9.59 Å². The average molecular weight is 328 g/mol. The van der Waals surface area contributed by atoms with Crippen LogP contribution in [0.5, 0.6) is 0 Å². The molecule has 1 unspecified atom stereocenters. The molecule has 0 heterocycles. The first-order valence-electron chi connectivity index (χ1n) is 6.61. The maximum absolute atomic E-state index is 11.6. The number of rotatable bonds is 6. The van der Waals surface area contributed by atoms with Crippen molar-refractivity contribution in [2.24, 2.45) is 0 Å². The zero-order valence-corrected chi connectivity index (χ0v) is 14.1. The van der Waals surface area contributed by atoms with Gasteiger partial charge in [-0.3, -0.25) is 9.69 Å². The fourth-order valence-electron chi connectivity index (χ4n) is 1.90. The first-order chi connectivity index (χ1) is 9.99. The Morgan fingerprint density at radius 3 is 2.27 bits per heavy atom. The lowest BCUT2D eigenvalue weighted by atomic mass is 9.98. The Balaban J connectivity index is 0.00000441. The van der Waals surface area contributed by atoms with Gasteiger partial charge in [-0.05, 0) is 25.1 Å². The van der Waals surface area contributed by atoms with E-state index in [1.165, 1.54) is 20.3 Å². The van der Waals surface area contributed by atoms with E-state index >= 15 is 0 Å². The molecular weight excluding hydrogens is 306 g/mol. The smallest absolute Gasteiger partial charge is 0.330 e. The van der Waals surface area contributed by atoms with Gasteiger partial charge in [0.25, 0.3) is 0 Å². The van der Waals surface area contributed by atoms with Gasteiger partial charge in [-0.25, -0.2) is 4.79 Å². The molecule has 1 rings (SSSR count). The third-order valence-electron chi connectivity index (χ3n) is 3.30. The van der Waals surface area contributed by atoms with Gasteiger partial charge < -0.3 is 9.47 Å². The number of carbonyl (C=O) groups is 2. The number of benzene rings is 1. The Hall–Kier alpha value is -1.85. The molecule has 0 amide bonds. The number of likely N-dealkylation sites (N-methyl/N-ethyl adjacent to an activating group) is 1. The van der Waals surface area contributed by atoms with Crippen LogP contribution in [0.25, 0.3) is 5.57 Å². The average Bonchev–Trinajstić information content (AvgIpc) is 2.52. The van der Waals surface area contributed by atoms with Crippen LogP contribution in [0.2, 0.25) is 0 Å². The third kappa shape index (κ3) is 5.87. The first kappa shape index (κ1) is 20.1. The van der Waals surface area contributed by atoms with Gasteiger partial charge in [0.2, 0.25) is 0 Å². The summed E-state index contributed by atoms with van der Waals surface area (Å²) in [6, 6.07) is 9.38. The largest absolute Gasteiger partial charge is 0.468 e. The highest BCUT2D eigenvalue weighted by Crippen LogP contribution is 2.21. The van der Waals surface area contributed by atoms with E-state index in [2.05, 4.69) is 4.74 Å². The van der Waals surface area contributed by atoms with Crippen molar-refractivity contribution < 1.29 is 19.1 Å². The maximum Gasteiger partial charge on any atom is 0.330 e. The summed E-state index contributed by atoms with van der Waals surface area (Å²) in [5, 5.41) is 0. The summed E-state index contributed by atoms with van der Waals surface area (Å²) in [5.74, 6) is -0.748. The van der Waals surface area contributed by atoms with E-state index < -0.39 is 5.97 Å². The van der Waals surface area contributed by atoms with Crippen molar-refractivity contribution >= 4 is 29.9 Å². The number of carbonyl (C=O) groups excluding carboxylic acids is 2. The summed E-state index contributed by atoms with van der Waals surface area (Å²) in [7, 11) is 4.49. The molecule has 0 saturated heterocycles. The predicted molar refractivity (Wildman–Crippen MR) is 87.8 cm³/mol. The van der Waals surface area contributed by atoms with E-state index in [4.69, 9.17) is 4.74 Å². The van der Waals surface area contributed by atoms with Gasteiger partial charge in [0.15, 0.2) is 0 Å². The molecule has 0 aliphatic heterocycles. The molecule has 0 saturated carbocycles. The fraction of sp³-hybridized carbons (Fsp3) is 0.375. The molecule has 0 spiro atoms. The summed E-state index contributed by atoms with van der Waals surface area (Å²) < 4.78 is 9.38. The molecule has 1 aromatic rings. The van der Waals surface area contributed by atoms with Crippen molar-refractivity contribution in [3.8, 4) is 0 Å². The summed E-state index contributed by atoms with van der Waals surface area (Å²) in [5.41, 5.74) is 1.70. The van der Waals surface area contributed by atoms with Gasteiger partial charge >= 0.3 is 11.9 Å². The summed E-state index contributed by atoms with van der Waals surface area (Å²) in [6.07, 6.45) is 1.45. The minimum atomic E-state index is -0.424. The molecule has 0 aliphatic rings. The molecule has 0 aromatic heterocycles. The molecule has 1 aromatic carbocycles. The van der Waals surface area contributed by atoms with Crippen LogP contribution >= 0.6 is 12.4 Å². The van der Waals surface area contributed by atoms with Crippen LogP contribution in [-0.4, -0.2) is 50.7 Å². The Bertz CT molecular complexity index is 516. The van der Waals surface area contributed by atoms with Crippen LogP contribution in [0.1, 0.15) is 12.5 Å². The van der Waals surface area contributed by atoms with Gasteiger partial charge in [-0.1, -0.05) is 30.3 Å². The molecule has 1 atom stereocenters. The Labute approximate surface area is 137 Å². The summed E-state index contributed by atoms with van der Waals surface area (Å²) in [6.45, 7) is 2.06. The molecule has 0 radical (unpaired) electrons. The number of ether oxygens (including phenoxy) is 2. The second kappa shape index (κ2) is 9.97. The van der Waals surface area contributed by atoms with Gasteiger partial charge in [-0.2, -0.15) is 0 Å². The number of halogens is 1.